The molecule has 1 amide bonds. The zero-order valence-electron chi connectivity index (χ0n) is 11.8. The highest BCUT2D eigenvalue weighted by Gasteiger charge is 2.13. The molecule has 0 bridgehead atoms. The van der Waals surface area contributed by atoms with Gasteiger partial charge >= 0.3 is 6.01 Å². The first-order valence-corrected chi connectivity index (χ1v) is 6.62. The third-order valence-electron chi connectivity index (χ3n) is 2.84. The quantitative estimate of drug-likeness (QED) is 0.799. The zero-order chi connectivity index (χ0) is 15.4. The number of carbonyl (C=O) groups excluding carboxylic acids is 1. The lowest BCUT2D eigenvalue weighted by molar-refractivity contribution is -0.114. The van der Waals surface area contributed by atoms with Crippen LogP contribution in [0.5, 0.6) is 11.8 Å². The number of tetrazole rings is 1. The summed E-state index contributed by atoms with van der Waals surface area (Å²) in [5.74, 6) is 0.281. The molecule has 7 nitrogen and oxygen atoms in total. The Morgan fingerprint density at radius 3 is 2.59 bits per heavy atom. The Balaban J connectivity index is 1.92. The van der Waals surface area contributed by atoms with Gasteiger partial charge in [0, 0.05) is 6.92 Å². The van der Waals surface area contributed by atoms with Crippen LogP contribution < -0.4 is 10.1 Å². The summed E-state index contributed by atoms with van der Waals surface area (Å²) in [7, 11) is 0. The highest BCUT2D eigenvalue weighted by atomic mass is 16.5. The number of nitrogens with one attached hydrogen (secondary N) is 1. The average molecular weight is 295 g/mol. The first-order valence-electron chi connectivity index (χ1n) is 6.62. The lowest BCUT2D eigenvalue weighted by Gasteiger charge is -2.10. The number of hydrogen-bond acceptors (Lipinski definition) is 5. The van der Waals surface area contributed by atoms with Gasteiger partial charge in [0.25, 0.3) is 0 Å². The van der Waals surface area contributed by atoms with Gasteiger partial charge in [-0.25, -0.2) is 0 Å². The molecular weight excluding hydrogens is 282 g/mol. The number of rotatable bonds is 4. The van der Waals surface area contributed by atoms with Gasteiger partial charge in [0.15, 0.2) is 5.75 Å². The van der Waals surface area contributed by atoms with E-state index < -0.39 is 0 Å². The molecule has 110 valence electrons. The van der Waals surface area contributed by atoms with Crippen LogP contribution in [-0.2, 0) is 4.79 Å². The van der Waals surface area contributed by atoms with Gasteiger partial charge in [-0.05, 0) is 34.7 Å². The van der Waals surface area contributed by atoms with E-state index in [2.05, 4.69) is 20.8 Å². The molecule has 1 aromatic heterocycles. The van der Waals surface area contributed by atoms with Gasteiger partial charge < -0.3 is 10.1 Å². The predicted octanol–water partition coefficient (Wildman–Crippen LogP) is 2.41. The Morgan fingerprint density at radius 1 is 1.09 bits per heavy atom. The molecule has 7 heteroatoms. The summed E-state index contributed by atoms with van der Waals surface area (Å²) in [4.78, 5) is 11.2. The van der Waals surface area contributed by atoms with Crippen molar-refractivity contribution in [2.45, 2.75) is 6.92 Å². The van der Waals surface area contributed by atoms with Crippen molar-refractivity contribution in [3.8, 4) is 17.4 Å². The molecule has 0 atom stereocenters. The maximum absolute atomic E-state index is 11.2. The third kappa shape index (κ3) is 2.93. The molecule has 0 aliphatic rings. The van der Waals surface area contributed by atoms with Crippen molar-refractivity contribution in [3.63, 3.8) is 0 Å². The van der Waals surface area contributed by atoms with E-state index >= 15 is 0 Å². The van der Waals surface area contributed by atoms with Gasteiger partial charge in [-0.3, -0.25) is 4.79 Å². The number of hydrogen-bond donors (Lipinski definition) is 1. The van der Waals surface area contributed by atoms with Crippen LogP contribution >= 0.6 is 0 Å². The summed E-state index contributed by atoms with van der Waals surface area (Å²) in [6.45, 7) is 1.44. The van der Waals surface area contributed by atoms with Crippen LogP contribution in [0, 0.1) is 0 Å². The number of benzene rings is 2. The van der Waals surface area contributed by atoms with E-state index in [0.717, 1.165) is 5.69 Å². The van der Waals surface area contributed by atoms with E-state index in [9.17, 15) is 4.79 Å². The number of para-hydroxylation sites is 3. The van der Waals surface area contributed by atoms with Gasteiger partial charge in [-0.2, -0.15) is 4.68 Å². The summed E-state index contributed by atoms with van der Waals surface area (Å²) in [5, 5.41) is 14.1. The maximum Gasteiger partial charge on any atom is 0.345 e. The van der Waals surface area contributed by atoms with Gasteiger partial charge in [-0.1, -0.05) is 35.4 Å². The fraction of sp³-hybridized carbons (Fsp3) is 0.0667. The summed E-state index contributed by atoms with van der Waals surface area (Å²) in [6.07, 6.45) is 0. The van der Waals surface area contributed by atoms with Crippen LogP contribution in [-0.4, -0.2) is 26.1 Å². The van der Waals surface area contributed by atoms with Gasteiger partial charge in [-0.15, -0.1) is 0 Å². The van der Waals surface area contributed by atoms with E-state index in [4.69, 9.17) is 4.74 Å². The Kier molecular flexibility index (Phi) is 3.78. The fourth-order valence-corrected chi connectivity index (χ4v) is 1.92. The smallest absolute Gasteiger partial charge is 0.345 e. The predicted molar refractivity (Wildman–Crippen MR) is 80.0 cm³/mol. The molecule has 0 aliphatic carbocycles. The van der Waals surface area contributed by atoms with Crippen molar-refractivity contribution in [1.82, 2.24) is 20.2 Å². The molecule has 1 heterocycles. The second kappa shape index (κ2) is 6.04. The number of amides is 1. The van der Waals surface area contributed by atoms with Crippen LogP contribution in [0.1, 0.15) is 6.92 Å². The molecule has 0 saturated heterocycles. The molecule has 2 aromatic carbocycles. The van der Waals surface area contributed by atoms with Crippen molar-refractivity contribution in [1.29, 1.82) is 0 Å². The third-order valence-corrected chi connectivity index (χ3v) is 2.84. The molecule has 1 N–H and O–H groups in total. The number of ether oxygens (including phenoxy) is 1. The Morgan fingerprint density at radius 2 is 1.82 bits per heavy atom. The summed E-state index contributed by atoms with van der Waals surface area (Å²) in [6, 6.07) is 16.7. The molecule has 0 unspecified atom stereocenters. The fourth-order valence-electron chi connectivity index (χ4n) is 1.92. The second-order valence-electron chi connectivity index (χ2n) is 4.49. The van der Waals surface area contributed by atoms with E-state index in [-0.39, 0.29) is 11.9 Å². The van der Waals surface area contributed by atoms with Gasteiger partial charge in [0.2, 0.25) is 5.91 Å². The molecule has 0 aliphatic heterocycles. The van der Waals surface area contributed by atoms with Crippen LogP contribution in [0.2, 0.25) is 0 Å². The minimum atomic E-state index is -0.182. The Bertz CT molecular complexity index is 785. The molecular formula is C15H13N5O2. The first-order chi connectivity index (χ1) is 10.7. The Hall–Kier alpha value is -3.22. The van der Waals surface area contributed by atoms with Crippen molar-refractivity contribution in [2.24, 2.45) is 0 Å². The molecule has 0 saturated carbocycles. The number of anilines is 1. The molecule has 0 radical (unpaired) electrons. The highest BCUT2D eigenvalue weighted by Crippen LogP contribution is 2.28. The molecule has 22 heavy (non-hydrogen) atoms. The molecule has 3 aromatic rings. The Labute approximate surface area is 126 Å². The molecule has 3 rings (SSSR count). The highest BCUT2D eigenvalue weighted by molar-refractivity contribution is 5.90. The second-order valence-corrected chi connectivity index (χ2v) is 4.49. The van der Waals surface area contributed by atoms with Crippen LogP contribution in [0.15, 0.2) is 54.6 Å². The van der Waals surface area contributed by atoms with Gasteiger partial charge in [0.1, 0.15) is 0 Å². The van der Waals surface area contributed by atoms with E-state index in [1.807, 2.05) is 30.3 Å². The summed E-state index contributed by atoms with van der Waals surface area (Å²) in [5.41, 5.74) is 1.33. The minimum absolute atomic E-state index is 0.182. The normalized spacial score (nSPS) is 10.2. The first kappa shape index (κ1) is 13.7. The van der Waals surface area contributed by atoms with E-state index in [0.29, 0.717) is 11.4 Å². The summed E-state index contributed by atoms with van der Waals surface area (Å²) >= 11 is 0. The lowest BCUT2D eigenvalue weighted by Crippen LogP contribution is -2.07. The van der Waals surface area contributed by atoms with E-state index in [1.165, 1.54) is 11.6 Å². The lowest BCUT2D eigenvalue weighted by atomic mass is 10.3. The van der Waals surface area contributed by atoms with Crippen molar-refractivity contribution >= 4 is 11.6 Å². The number of nitrogens with zero attached hydrogens (tertiary/aromatic N) is 4. The number of aromatic nitrogens is 4. The zero-order valence-corrected chi connectivity index (χ0v) is 11.8. The van der Waals surface area contributed by atoms with Crippen LogP contribution in [0.25, 0.3) is 5.69 Å². The monoisotopic (exact) mass is 295 g/mol. The molecule has 0 fully saturated rings. The van der Waals surface area contributed by atoms with Crippen molar-refractivity contribution < 1.29 is 9.53 Å². The standard InChI is InChI=1S/C15H13N5O2/c1-11(21)16-13-9-5-6-10-14(13)22-15-17-18-19-20(15)12-7-3-2-4-8-12/h2-10H,1H3,(H,16,21). The SMILES string of the molecule is CC(=O)Nc1ccccc1Oc1nnnn1-c1ccccc1. The molecule has 0 spiro atoms. The van der Waals surface area contributed by atoms with Crippen molar-refractivity contribution in [2.75, 3.05) is 5.32 Å². The topological polar surface area (TPSA) is 81.9 Å². The maximum atomic E-state index is 11.2. The largest absolute Gasteiger partial charge is 0.421 e. The summed E-state index contributed by atoms with van der Waals surface area (Å²) < 4.78 is 7.22. The van der Waals surface area contributed by atoms with E-state index in [1.54, 1.807) is 24.3 Å². The average Bonchev–Trinajstić information content (AvgIpc) is 2.98. The minimum Gasteiger partial charge on any atom is -0.421 e. The van der Waals surface area contributed by atoms with Crippen molar-refractivity contribution in [3.05, 3.63) is 54.6 Å². The van der Waals surface area contributed by atoms with Crippen LogP contribution in [0.4, 0.5) is 5.69 Å². The van der Waals surface area contributed by atoms with Crippen LogP contribution in [0.3, 0.4) is 0 Å². The number of carbonyl (C=O) groups is 1. The van der Waals surface area contributed by atoms with Gasteiger partial charge in [0.05, 0.1) is 11.4 Å².